The SMILES string of the molecule is CCOC(=O)c1ncn(C(C#N)C(=O)OCC)c1N. The molecule has 102 valence electrons. The number of carbonyl (C=O) groups is 2. The van der Waals surface area contributed by atoms with Crippen molar-refractivity contribution in [3.8, 4) is 6.07 Å². The Morgan fingerprint density at radius 2 is 2.11 bits per heavy atom. The van der Waals surface area contributed by atoms with E-state index in [2.05, 4.69) is 4.98 Å². The predicted molar refractivity (Wildman–Crippen MR) is 63.9 cm³/mol. The van der Waals surface area contributed by atoms with Gasteiger partial charge in [-0.15, -0.1) is 0 Å². The van der Waals surface area contributed by atoms with E-state index in [9.17, 15) is 9.59 Å². The molecule has 8 nitrogen and oxygen atoms in total. The Balaban J connectivity index is 3.05. The minimum absolute atomic E-state index is 0.113. The van der Waals surface area contributed by atoms with E-state index in [4.69, 9.17) is 20.5 Å². The smallest absolute Gasteiger partial charge is 0.360 e. The molecule has 0 saturated carbocycles. The van der Waals surface area contributed by atoms with Crippen molar-refractivity contribution in [3.05, 3.63) is 12.0 Å². The maximum absolute atomic E-state index is 11.6. The minimum Gasteiger partial charge on any atom is -0.464 e. The van der Waals surface area contributed by atoms with Crippen LogP contribution in [0, 0.1) is 11.3 Å². The van der Waals surface area contributed by atoms with Gasteiger partial charge in [0.1, 0.15) is 11.9 Å². The van der Waals surface area contributed by atoms with Gasteiger partial charge in [0, 0.05) is 0 Å². The molecule has 0 bridgehead atoms. The number of imidazole rings is 1. The zero-order valence-electron chi connectivity index (χ0n) is 10.6. The Kier molecular flexibility index (Phi) is 4.88. The number of anilines is 1. The fraction of sp³-hybridized carbons (Fsp3) is 0.455. The summed E-state index contributed by atoms with van der Waals surface area (Å²) >= 11 is 0. The van der Waals surface area contributed by atoms with Gasteiger partial charge in [-0.25, -0.2) is 14.6 Å². The Bertz CT molecular complexity index is 517. The third-order valence-corrected chi connectivity index (χ3v) is 2.21. The summed E-state index contributed by atoms with van der Waals surface area (Å²) < 4.78 is 10.6. The number of hydrogen-bond donors (Lipinski definition) is 1. The maximum Gasteiger partial charge on any atom is 0.360 e. The number of aromatic nitrogens is 2. The molecule has 0 fully saturated rings. The largest absolute Gasteiger partial charge is 0.464 e. The Morgan fingerprint density at radius 3 is 2.63 bits per heavy atom. The standard InChI is InChI=1S/C11H14N4O4/c1-3-18-10(16)7(5-12)15-6-14-8(9(15)13)11(17)19-4-2/h6-7H,3-4,13H2,1-2H3. The molecule has 0 aliphatic carbocycles. The highest BCUT2D eigenvalue weighted by atomic mass is 16.5. The van der Waals surface area contributed by atoms with Crippen LogP contribution in [0.2, 0.25) is 0 Å². The van der Waals surface area contributed by atoms with Crippen LogP contribution >= 0.6 is 0 Å². The molecule has 0 aliphatic rings. The van der Waals surface area contributed by atoms with Crippen LogP contribution in [0.1, 0.15) is 30.4 Å². The van der Waals surface area contributed by atoms with Crippen molar-refractivity contribution in [1.82, 2.24) is 9.55 Å². The molecule has 8 heteroatoms. The summed E-state index contributed by atoms with van der Waals surface area (Å²) in [5.74, 6) is -1.58. The molecule has 2 N–H and O–H groups in total. The third-order valence-electron chi connectivity index (χ3n) is 2.21. The zero-order valence-corrected chi connectivity index (χ0v) is 10.6. The second kappa shape index (κ2) is 6.39. The highest BCUT2D eigenvalue weighted by molar-refractivity contribution is 5.92. The van der Waals surface area contributed by atoms with Crippen LogP contribution in [0.5, 0.6) is 0 Å². The van der Waals surface area contributed by atoms with Gasteiger partial charge in [-0.05, 0) is 13.8 Å². The molecule has 19 heavy (non-hydrogen) atoms. The maximum atomic E-state index is 11.6. The van der Waals surface area contributed by atoms with E-state index in [1.807, 2.05) is 0 Å². The summed E-state index contributed by atoms with van der Waals surface area (Å²) in [7, 11) is 0. The molecule has 1 atom stereocenters. The van der Waals surface area contributed by atoms with Gasteiger partial charge in [-0.1, -0.05) is 0 Å². The van der Waals surface area contributed by atoms with E-state index in [0.29, 0.717) is 0 Å². The van der Waals surface area contributed by atoms with Crippen LogP contribution in [0.4, 0.5) is 5.82 Å². The number of nitrogens with two attached hydrogens (primary N) is 1. The fourth-order valence-corrected chi connectivity index (χ4v) is 1.38. The van der Waals surface area contributed by atoms with Crippen LogP contribution < -0.4 is 5.73 Å². The molecule has 1 aromatic heterocycles. The first kappa shape index (κ1) is 14.5. The first-order valence-corrected chi connectivity index (χ1v) is 5.62. The summed E-state index contributed by atoms with van der Waals surface area (Å²) in [6.07, 6.45) is 1.13. The van der Waals surface area contributed by atoms with Crippen molar-refractivity contribution in [1.29, 1.82) is 5.26 Å². The van der Waals surface area contributed by atoms with Crippen molar-refractivity contribution in [2.24, 2.45) is 0 Å². The van der Waals surface area contributed by atoms with Crippen LogP contribution in [0.15, 0.2) is 6.33 Å². The molecule has 0 aliphatic heterocycles. The Morgan fingerprint density at radius 1 is 1.47 bits per heavy atom. The molecule has 0 saturated heterocycles. The molecule has 1 unspecified atom stereocenters. The van der Waals surface area contributed by atoms with Crippen molar-refractivity contribution < 1.29 is 19.1 Å². The lowest BCUT2D eigenvalue weighted by Gasteiger charge is -2.11. The lowest BCUT2D eigenvalue weighted by Crippen LogP contribution is -2.22. The van der Waals surface area contributed by atoms with Gasteiger partial charge in [0.2, 0.25) is 6.04 Å². The van der Waals surface area contributed by atoms with Crippen LogP contribution in [-0.2, 0) is 14.3 Å². The molecule has 1 heterocycles. The number of nitriles is 1. The number of nitrogen functional groups attached to an aromatic ring is 1. The van der Waals surface area contributed by atoms with E-state index >= 15 is 0 Å². The topological polar surface area (TPSA) is 120 Å². The number of esters is 2. The van der Waals surface area contributed by atoms with Gasteiger partial charge in [0.15, 0.2) is 5.69 Å². The van der Waals surface area contributed by atoms with Gasteiger partial charge in [-0.3, -0.25) is 4.57 Å². The Labute approximate surface area is 109 Å². The van der Waals surface area contributed by atoms with Crippen LogP contribution in [0.3, 0.4) is 0 Å². The second-order valence-corrected chi connectivity index (χ2v) is 3.39. The number of hydrogen-bond acceptors (Lipinski definition) is 7. The molecular weight excluding hydrogens is 252 g/mol. The highest BCUT2D eigenvalue weighted by Gasteiger charge is 2.26. The first-order chi connectivity index (χ1) is 9.06. The summed E-state index contributed by atoms with van der Waals surface area (Å²) in [6.45, 7) is 3.57. The summed E-state index contributed by atoms with van der Waals surface area (Å²) in [6, 6.07) is 0.462. The monoisotopic (exact) mass is 266 g/mol. The predicted octanol–water partition coefficient (Wildman–Crippen LogP) is 0.270. The Hall–Kier alpha value is -2.56. The van der Waals surface area contributed by atoms with Gasteiger partial charge in [0.05, 0.1) is 19.5 Å². The lowest BCUT2D eigenvalue weighted by atomic mass is 10.3. The molecule has 0 radical (unpaired) electrons. The second-order valence-electron chi connectivity index (χ2n) is 3.39. The van der Waals surface area contributed by atoms with Gasteiger partial charge < -0.3 is 15.2 Å². The van der Waals surface area contributed by atoms with E-state index in [0.717, 1.165) is 10.9 Å². The van der Waals surface area contributed by atoms with Gasteiger partial charge >= 0.3 is 11.9 Å². The zero-order chi connectivity index (χ0) is 14.4. The lowest BCUT2D eigenvalue weighted by molar-refractivity contribution is -0.145. The molecule has 0 aromatic carbocycles. The van der Waals surface area contributed by atoms with Crippen molar-refractivity contribution >= 4 is 17.8 Å². The molecule has 1 aromatic rings. The molecular formula is C11H14N4O4. The summed E-state index contributed by atoms with van der Waals surface area (Å²) in [5.41, 5.74) is 5.55. The number of nitrogens with zero attached hydrogens (tertiary/aromatic N) is 3. The quantitative estimate of drug-likeness (QED) is 0.759. The van der Waals surface area contributed by atoms with E-state index in [1.165, 1.54) is 0 Å². The summed E-state index contributed by atoms with van der Waals surface area (Å²) in [4.78, 5) is 26.8. The van der Waals surface area contributed by atoms with Crippen LogP contribution in [-0.4, -0.2) is 34.7 Å². The number of ether oxygens (including phenoxy) is 2. The number of carbonyl (C=O) groups excluding carboxylic acids is 2. The van der Waals surface area contributed by atoms with Crippen molar-refractivity contribution in [3.63, 3.8) is 0 Å². The fourth-order valence-electron chi connectivity index (χ4n) is 1.38. The summed E-state index contributed by atoms with van der Waals surface area (Å²) in [5, 5.41) is 8.98. The van der Waals surface area contributed by atoms with Crippen molar-refractivity contribution in [2.75, 3.05) is 18.9 Å². The first-order valence-electron chi connectivity index (χ1n) is 5.62. The average Bonchev–Trinajstić information content (AvgIpc) is 2.73. The van der Waals surface area contributed by atoms with Crippen molar-refractivity contribution in [2.45, 2.75) is 19.9 Å². The van der Waals surface area contributed by atoms with E-state index in [-0.39, 0.29) is 24.7 Å². The molecule has 1 rings (SSSR count). The van der Waals surface area contributed by atoms with E-state index in [1.54, 1.807) is 19.9 Å². The van der Waals surface area contributed by atoms with Gasteiger partial charge in [-0.2, -0.15) is 5.26 Å². The van der Waals surface area contributed by atoms with Crippen LogP contribution in [0.25, 0.3) is 0 Å². The third kappa shape index (κ3) is 3.01. The number of rotatable bonds is 5. The molecule has 0 amide bonds. The van der Waals surface area contributed by atoms with E-state index < -0.39 is 18.0 Å². The highest BCUT2D eigenvalue weighted by Crippen LogP contribution is 2.18. The molecule has 0 spiro atoms. The average molecular weight is 266 g/mol. The minimum atomic E-state index is -1.28. The normalized spacial score (nSPS) is 11.4. The van der Waals surface area contributed by atoms with Gasteiger partial charge in [0.25, 0.3) is 0 Å².